The van der Waals surface area contributed by atoms with Crippen LogP contribution in [0.25, 0.3) is 10.6 Å². The molecule has 25 heavy (non-hydrogen) atoms. The molecule has 0 bridgehead atoms. The minimum Gasteiger partial charge on any atom is -0.353 e. The third kappa shape index (κ3) is 4.21. The fourth-order valence-corrected chi connectivity index (χ4v) is 3.56. The van der Waals surface area contributed by atoms with Crippen LogP contribution in [0.1, 0.15) is 18.9 Å². The molecule has 1 atom stereocenters. The van der Waals surface area contributed by atoms with Crippen LogP contribution in [0.5, 0.6) is 0 Å². The molecule has 1 aliphatic heterocycles. The van der Waals surface area contributed by atoms with Gasteiger partial charge in [-0.15, -0.1) is 10.2 Å². The third-order valence-corrected chi connectivity index (χ3v) is 5.08. The van der Waals surface area contributed by atoms with Gasteiger partial charge in [-0.2, -0.15) is 0 Å². The molecule has 132 valence electrons. The number of nitrogens with zero attached hydrogens (tertiary/aromatic N) is 3. The van der Waals surface area contributed by atoms with Gasteiger partial charge >= 0.3 is 0 Å². The second kappa shape index (κ2) is 7.71. The van der Waals surface area contributed by atoms with Crippen molar-refractivity contribution in [2.45, 2.75) is 26.3 Å². The first kappa shape index (κ1) is 17.5. The molecule has 0 saturated carbocycles. The monoisotopic (exact) mass is 359 g/mol. The second-order valence-corrected chi connectivity index (χ2v) is 6.94. The number of benzene rings is 1. The van der Waals surface area contributed by atoms with E-state index >= 15 is 0 Å². The average Bonchev–Trinajstić information content (AvgIpc) is 3.05. The lowest BCUT2D eigenvalue weighted by Gasteiger charge is -2.33. The number of piperazine rings is 1. The summed E-state index contributed by atoms with van der Waals surface area (Å²) in [6.45, 7) is 6.14. The number of hydrogen-bond donors (Lipinski definition) is 2. The zero-order valence-electron chi connectivity index (χ0n) is 14.3. The van der Waals surface area contributed by atoms with Gasteiger partial charge in [-0.05, 0) is 13.5 Å². The predicted molar refractivity (Wildman–Crippen MR) is 97.4 cm³/mol. The Bertz CT molecular complexity index is 759. The number of rotatable bonds is 5. The van der Waals surface area contributed by atoms with Gasteiger partial charge in [0.15, 0.2) is 0 Å². The lowest BCUT2D eigenvalue weighted by molar-refractivity contribution is -0.132. The Morgan fingerprint density at radius 2 is 2.12 bits per heavy atom. The number of amides is 2. The van der Waals surface area contributed by atoms with E-state index in [2.05, 4.69) is 20.8 Å². The van der Waals surface area contributed by atoms with Crippen molar-refractivity contribution in [2.24, 2.45) is 0 Å². The van der Waals surface area contributed by atoms with E-state index in [9.17, 15) is 9.59 Å². The average molecular weight is 359 g/mol. The molecular weight excluding hydrogens is 338 g/mol. The van der Waals surface area contributed by atoms with Gasteiger partial charge in [0.25, 0.3) is 0 Å². The summed E-state index contributed by atoms with van der Waals surface area (Å²) < 4.78 is 0. The highest BCUT2D eigenvalue weighted by molar-refractivity contribution is 7.18. The van der Waals surface area contributed by atoms with Crippen LogP contribution in [-0.4, -0.2) is 52.6 Å². The second-order valence-electron chi connectivity index (χ2n) is 5.97. The van der Waals surface area contributed by atoms with Crippen molar-refractivity contribution >= 4 is 28.3 Å². The molecule has 1 aliphatic rings. The molecule has 2 aromatic rings. The summed E-state index contributed by atoms with van der Waals surface area (Å²) in [6, 6.07) is 7.55. The predicted octanol–water partition coefficient (Wildman–Crippen LogP) is 1.66. The van der Waals surface area contributed by atoms with Crippen LogP contribution in [-0.2, 0) is 9.59 Å². The van der Waals surface area contributed by atoms with E-state index in [1.165, 1.54) is 16.9 Å². The number of aryl methyl sites for hydroxylation is 1. The van der Waals surface area contributed by atoms with Crippen molar-refractivity contribution in [1.29, 1.82) is 0 Å². The Hall–Kier alpha value is -2.32. The van der Waals surface area contributed by atoms with Gasteiger partial charge in [0.2, 0.25) is 16.9 Å². The smallest absolute Gasteiger partial charge is 0.237 e. The van der Waals surface area contributed by atoms with Gasteiger partial charge in [0.05, 0.1) is 12.5 Å². The summed E-state index contributed by atoms with van der Waals surface area (Å²) in [5.41, 5.74) is 2.14. The fourth-order valence-electron chi connectivity index (χ4n) is 2.79. The number of aromatic nitrogens is 2. The summed E-state index contributed by atoms with van der Waals surface area (Å²) in [5.74, 6) is -0.326. The Morgan fingerprint density at radius 3 is 2.84 bits per heavy atom. The molecule has 0 spiro atoms. The largest absolute Gasteiger partial charge is 0.353 e. The quantitative estimate of drug-likeness (QED) is 0.848. The topological polar surface area (TPSA) is 87.2 Å². The number of carbonyl (C=O) groups is 2. The zero-order valence-corrected chi connectivity index (χ0v) is 15.1. The highest BCUT2D eigenvalue weighted by atomic mass is 32.1. The molecule has 1 aromatic heterocycles. The summed E-state index contributed by atoms with van der Waals surface area (Å²) >= 11 is 1.32. The molecule has 1 saturated heterocycles. The molecular formula is C17H21N5O2S. The Morgan fingerprint density at radius 1 is 1.36 bits per heavy atom. The minimum absolute atomic E-state index is 0.0964. The molecule has 3 rings (SSSR count). The van der Waals surface area contributed by atoms with E-state index < -0.39 is 6.04 Å². The Balaban J connectivity index is 1.63. The van der Waals surface area contributed by atoms with Crippen LogP contribution in [0.2, 0.25) is 0 Å². The van der Waals surface area contributed by atoms with Crippen LogP contribution < -0.4 is 10.6 Å². The first-order chi connectivity index (χ1) is 12.1. The number of nitrogens with one attached hydrogen (secondary N) is 2. The maximum atomic E-state index is 12.3. The SMILES string of the molecule is CCN1CCNC(=O)C1CC(=O)Nc1nnc(-c2ccc(C)cc2)s1. The van der Waals surface area contributed by atoms with Crippen molar-refractivity contribution in [1.82, 2.24) is 20.4 Å². The highest BCUT2D eigenvalue weighted by Crippen LogP contribution is 2.26. The van der Waals surface area contributed by atoms with Crippen LogP contribution in [0.4, 0.5) is 5.13 Å². The van der Waals surface area contributed by atoms with Crippen molar-refractivity contribution in [3.05, 3.63) is 29.8 Å². The van der Waals surface area contributed by atoms with Crippen molar-refractivity contribution in [3.8, 4) is 10.6 Å². The maximum absolute atomic E-state index is 12.3. The van der Waals surface area contributed by atoms with Crippen LogP contribution in [0.3, 0.4) is 0 Å². The molecule has 1 fully saturated rings. The number of anilines is 1. The van der Waals surface area contributed by atoms with Crippen molar-refractivity contribution in [3.63, 3.8) is 0 Å². The van der Waals surface area contributed by atoms with Crippen molar-refractivity contribution in [2.75, 3.05) is 25.0 Å². The van der Waals surface area contributed by atoms with E-state index in [4.69, 9.17) is 0 Å². The van der Waals surface area contributed by atoms with E-state index in [0.717, 1.165) is 23.7 Å². The summed E-state index contributed by atoms with van der Waals surface area (Å²) in [4.78, 5) is 26.3. The van der Waals surface area contributed by atoms with Gasteiger partial charge in [-0.1, -0.05) is 48.1 Å². The van der Waals surface area contributed by atoms with Gasteiger partial charge in [0.1, 0.15) is 5.01 Å². The van der Waals surface area contributed by atoms with E-state index in [0.29, 0.717) is 11.7 Å². The fraction of sp³-hybridized carbons (Fsp3) is 0.412. The molecule has 0 radical (unpaired) electrons. The first-order valence-electron chi connectivity index (χ1n) is 8.29. The van der Waals surface area contributed by atoms with Crippen LogP contribution >= 0.6 is 11.3 Å². The van der Waals surface area contributed by atoms with Crippen LogP contribution in [0.15, 0.2) is 24.3 Å². The summed E-state index contributed by atoms with van der Waals surface area (Å²) in [5, 5.41) is 14.9. The van der Waals surface area contributed by atoms with Crippen LogP contribution in [0, 0.1) is 6.92 Å². The van der Waals surface area contributed by atoms with Gasteiger partial charge in [-0.25, -0.2) is 0 Å². The van der Waals surface area contributed by atoms with E-state index in [1.54, 1.807) is 0 Å². The minimum atomic E-state index is -0.428. The molecule has 2 amide bonds. The standard InChI is InChI=1S/C17H21N5O2S/c1-3-22-9-8-18-15(24)13(22)10-14(23)19-17-21-20-16(25-17)12-6-4-11(2)5-7-12/h4-7,13H,3,8-10H2,1-2H3,(H,18,24)(H,19,21,23). The number of hydrogen-bond acceptors (Lipinski definition) is 6. The van der Waals surface area contributed by atoms with Crippen molar-refractivity contribution < 1.29 is 9.59 Å². The third-order valence-electron chi connectivity index (χ3n) is 4.20. The van der Waals surface area contributed by atoms with Gasteiger partial charge in [0, 0.05) is 18.7 Å². The molecule has 1 aromatic carbocycles. The van der Waals surface area contributed by atoms with Gasteiger partial charge < -0.3 is 10.6 Å². The molecule has 2 N–H and O–H groups in total. The molecule has 2 heterocycles. The van der Waals surface area contributed by atoms with E-state index in [1.807, 2.05) is 43.0 Å². The molecule has 8 heteroatoms. The first-order valence-corrected chi connectivity index (χ1v) is 9.10. The summed E-state index contributed by atoms with van der Waals surface area (Å²) in [7, 11) is 0. The number of likely N-dealkylation sites (N-methyl/N-ethyl adjacent to an activating group) is 1. The van der Waals surface area contributed by atoms with Gasteiger partial charge in [-0.3, -0.25) is 14.5 Å². The zero-order chi connectivity index (χ0) is 17.8. The molecule has 7 nitrogen and oxygen atoms in total. The normalized spacial score (nSPS) is 18.0. The lowest BCUT2D eigenvalue weighted by atomic mass is 10.1. The molecule has 1 unspecified atom stereocenters. The van der Waals surface area contributed by atoms with E-state index in [-0.39, 0.29) is 18.2 Å². The Kier molecular flexibility index (Phi) is 5.40. The summed E-state index contributed by atoms with van der Waals surface area (Å²) in [6.07, 6.45) is 0.110. The Labute approximate surface area is 150 Å². The number of carbonyl (C=O) groups excluding carboxylic acids is 2. The lowest BCUT2D eigenvalue weighted by Crippen LogP contribution is -2.56. The maximum Gasteiger partial charge on any atom is 0.237 e. The molecule has 0 aliphatic carbocycles. The highest BCUT2D eigenvalue weighted by Gasteiger charge is 2.30.